The van der Waals surface area contributed by atoms with Gasteiger partial charge in [0.25, 0.3) is 0 Å². The molecule has 0 radical (unpaired) electrons. The van der Waals surface area contributed by atoms with Crippen LogP contribution in [0.5, 0.6) is 11.5 Å². The molecule has 0 N–H and O–H groups in total. The zero-order valence-electron chi connectivity index (χ0n) is 42.2. The Morgan fingerprint density at radius 3 is 0.970 bits per heavy atom. The second-order valence-electron chi connectivity index (χ2n) is 18.8. The summed E-state index contributed by atoms with van der Waals surface area (Å²) < 4.78 is 66.3. The first-order valence-corrected chi connectivity index (χ1v) is 36.6. The van der Waals surface area contributed by atoms with Crippen molar-refractivity contribution in [2.45, 2.75) is 175 Å². The largest absolute Gasteiger partial charge is 0.382 e. The summed E-state index contributed by atoms with van der Waals surface area (Å²) in [6, 6.07) is 41.8. The number of nitrogens with zero attached hydrogens (tertiary/aromatic N) is 1. The van der Waals surface area contributed by atoms with Crippen molar-refractivity contribution in [3.8, 4) is 11.5 Å². The number of rotatable bonds is 31. The molecule has 2 unspecified atom stereocenters. The van der Waals surface area contributed by atoms with Crippen LogP contribution in [-0.2, 0) is 20.2 Å². The van der Waals surface area contributed by atoms with Crippen molar-refractivity contribution >= 4 is 84.1 Å². The summed E-state index contributed by atoms with van der Waals surface area (Å²) in [5, 5.41) is 6.79. The monoisotopic (exact) mass is 1010 g/mol. The normalized spacial score (nSPS) is 13.6. The summed E-state index contributed by atoms with van der Waals surface area (Å²) in [6.45, 7) is 18.2. The maximum absolute atomic E-state index is 13.0. The van der Waals surface area contributed by atoms with Gasteiger partial charge < -0.3 is 8.37 Å². The Bertz CT molecular complexity index is 2080. The third kappa shape index (κ3) is 15.8. The summed E-state index contributed by atoms with van der Waals surface area (Å²) in [7, 11) is -14.5. The van der Waals surface area contributed by atoms with E-state index in [-0.39, 0.29) is 6.04 Å². The van der Waals surface area contributed by atoms with Gasteiger partial charge in [0.15, 0.2) is 11.5 Å². The molecule has 4 aromatic rings. The topological polar surface area (TPSA) is 90.0 Å². The molecule has 7 nitrogen and oxygen atoms in total. The lowest BCUT2D eigenvalue weighted by Crippen LogP contribution is -2.48. The first kappa shape index (κ1) is 56.2. The minimum Gasteiger partial charge on any atom is -0.382 e. The van der Waals surface area contributed by atoms with E-state index in [1.54, 1.807) is 12.1 Å². The van der Waals surface area contributed by atoms with E-state index in [1.165, 1.54) is 124 Å². The highest BCUT2D eigenvalue weighted by atomic mass is 32.2. The predicted octanol–water partition coefficient (Wildman–Crippen LogP) is 12.6. The fraction of sp³-hybridized carbons (Fsp3) is 0.547. The molecule has 0 spiro atoms. The Labute approximate surface area is 407 Å². The van der Waals surface area contributed by atoms with E-state index < -0.39 is 52.5 Å². The van der Waals surface area contributed by atoms with E-state index >= 15 is 0 Å². The molecule has 4 rings (SSSR count). The van der Waals surface area contributed by atoms with E-state index in [2.05, 4.69) is 108 Å². The predicted molar refractivity (Wildman–Crippen MR) is 295 cm³/mol. The molecule has 0 amide bonds. The van der Waals surface area contributed by atoms with Crippen LogP contribution in [0.25, 0.3) is 0 Å². The van der Waals surface area contributed by atoms with Crippen LogP contribution in [0.3, 0.4) is 0 Å². The molecule has 366 valence electrons. The number of hydrogen-bond donors (Lipinski definition) is 0. The van der Waals surface area contributed by atoms with Crippen molar-refractivity contribution in [3.63, 3.8) is 0 Å². The third-order valence-corrected chi connectivity index (χ3v) is 31.0. The van der Waals surface area contributed by atoms with Crippen molar-refractivity contribution < 1.29 is 25.2 Å². The highest BCUT2D eigenvalue weighted by molar-refractivity contribution is 7.87. The number of benzene rings is 4. The van der Waals surface area contributed by atoms with E-state index in [0.717, 1.165) is 33.7 Å². The lowest BCUT2D eigenvalue weighted by atomic mass is 10.3. The average Bonchev–Trinajstić information content (AvgIpc) is 3.29. The van der Waals surface area contributed by atoms with E-state index in [1.807, 2.05) is 36.4 Å². The quantitative estimate of drug-likeness (QED) is 0.0282. The van der Waals surface area contributed by atoms with E-state index in [4.69, 9.17) is 8.37 Å². The third-order valence-electron chi connectivity index (χ3n) is 13.0. The standard InChI is InChI=1S/C53H83NO6P2S2Si2/c1-11-17-39-65(40-18-12-2,41-19-13-3)48-35-31-46(32-36-48)61(52-29-25-23-27-50(52)59-63(9,55)56)54(45(7)8)62(53-30-26-24-28-51(53)60-64(10,57)58)47-33-37-49(38-34-47)66(42-20-14-4,43-21-15-5)44-22-16-6/h23-38,45H,11-22,39-44H2,1-10H3. The highest BCUT2D eigenvalue weighted by Crippen LogP contribution is 2.58. The van der Waals surface area contributed by atoms with Gasteiger partial charge in [0.1, 0.15) is 0 Å². The van der Waals surface area contributed by atoms with Gasteiger partial charge in [-0.25, -0.2) is 4.44 Å². The second kappa shape index (κ2) is 27.1. The van der Waals surface area contributed by atoms with Crippen molar-refractivity contribution in [2.75, 3.05) is 12.5 Å². The molecule has 0 bridgehead atoms. The molecule has 0 fully saturated rings. The van der Waals surface area contributed by atoms with Gasteiger partial charge in [-0.3, -0.25) is 0 Å². The Kier molecular flexibility index (Phi) is 23.1. The number of unbranched alkanes of at least 4 members (excludes halogenated alkanes) is 6. The molecule has 0 aromatic heterocycles. The van der Waals surface area contributed by atoms with Crippen LogP contribution >= 0.6 is 16.1 Å². The molecule has 4 aromatic carbocycles. The van der Waals surface area contributed by atoms with Gasteiger partial charge in [0, 0.05) is 32.8 Å². The van der Waals surface area contributed by atoms with Gasteiger partial charge in [-0.2, -0.15) is 16.8 Å². The van der Waals surface area contributed by atoms with E-state index in [0.29, 0.717) is 11.5 Å². The number of para-hydroxylation sites is 2. The Hall–Kier alpha value is -2.37. The molecular weight excluding hydrogens is 929 g/mol. The van der Waals surface area contributed by atoms with Crippen LogP contribution in [0.4, 0.5) is 0 Å². The Morgan fingerprint density at radius 1 is 0.455 bits per heavy atom. The minimum absolute atomic E-state index is 0.0848. The zero-order valence-corrected chi connectivity index (χ0v) is 47.6. The average molecular weight is 1010 g/mol. The molecular formula is C53H83NO6P2S2Si2. The molecule has 0 saturated carbocycles. The Balaban J connectivity index is 2.11. The fourth-order valence-electron chi connectivity index (χ4n) is 9.64. The summed E-state index contributed by atoms with van der Waals surface area (Å²) >= 11 is 0. The highest BCUT2D eigenvalue weighted by Gasteiger charge is 2.39. The molecule has 2 atom stereocenters. The molecule has 0 aliphatic rings. The van der Waals surface area contributed by atoms with Gasteiger partial charge in [-0.05, 0) is 48.7 Å². The molecule has 0 aliphatic heterocycles. The molecule has 66 heavy (non-hydrogen) atoms. The summed E-state index contributed by atoms with van der Waals surface area (Å²) in [5.41, 5.74) is 0. The zero-order chi connectivity index (χ0) is 48.4. The van der Waals surface area contributed by atoms with Gasteiger partial charge in [0.05, 0.1) is 28.7 Å². The molecule has 0 aliphatic carbocycles. The van der Waals surface area contributed by atoms with Gasteiger partial charge >= 0.3 is 20.2 Å². The molecule has 0 saturated heterocycles. The van der Waals surface area contributed by atoms with Gasteiger partial charge in [-0.15, -0.1) is 0 Å². The van der Waals surface area contributed by atoms with Crippen molar-refractivity contribution in [1.82, 2.24) is 4.44 Å². The van der Waals surface area contributed by atoms with E-state index in [9.17, 15) is 16.8 Å². The minimum atomic E-state index is -3.89. The Morgan fingerprint density at radius 2 is 0.727 bits per heavy atom. The number of hydrogen-bond acceptors (Lipinski definition) is 7. The lowest BCUT2D eigenvalue weighted by molar-refractivity contribution is 0.493. The smallest absolute Gasteiger partial charge is 0.306 e. The fourth-order valence-corrected chi connectivity index (χ4v) is 28.1. The SMILES string of the molecule is CCCC[Si](CCCC)(CCCC)c1ccc(P(c2ccccc2OS(C)(=O)=O)N(C(C)C)P(c2ccc([Si](CCCC)(CCCC)CCCC)cc2)c2ccccc2OS(C)(=O)=O)cc1. The second-order valence-corrected chi connectivity index (χ2v) is 35.7. The van der Waals surface area contributed by atoms with Crippen molar-refractivity contribution in [2.24, 2.45) is 0 Å². The van der Waals surface area contributed by atoms with Crippen molar-refractivity contribution in [3.05, 3.63) is 97.1 Å². The van der Waals surface area contributed by atoms with Crippen LogP contribution in [0.1, 0.15) is 132 Å². The maximum Gasteiger partial charge on any atom is 0.306 e. The van der Waals surface area contributed by atoms with Gasteiger partial charge in [-0.1, -0.05) is 238 Å². The van der Waals surface area contributed by atoms with Crippen LogP contribution < -0.4 is 40.0 Å². The van der Waals surface area contributed by atoms with Gasteiger partial charge in [0.2, 0.25) is 0 Å². The van der Waals surface area contributed by atoms with Crippen molar-refractivity contribution in [1.29, 1.82) is 0 Å². The molecule has 13 heteroatoms. The molecule has 0 heterocycles. The van der Waals surface area contributed by atoms with Crippen LogP contribution in [0.15, 0.2) is 97.1 Å². The van der Waals surface area contributed by atoms with Crippen LogP contribution in [0.2, 0.25) is 36.3 Å². The van der Waals surface area contributed by atoms with Crippen LogP contribution in [0, 0.1) is 0 Å². The summed E-state index contributed by atoms with van der Waals surface area (Å²) in [5.74, 6) is 0.617. The summed E-state index contributed by atoms with van der Waals surface area (Å²) in [4.78, 5) is 0. The lowest BCUT2D eigenvalue weighted by Gasteiger charge is -2.42. The maximum atomic E-state index is 13.0. The van der Waals surface area contributed by atoms with Crippen LogP contribution in [-0.4, -0.2) is 56.0 Å². The first-order chi connectivity index (χ1) is 31.5. The first-order valence-electron chi connectivity index (χ1n) is 25.1. The summed E-state index contributed by atoms with van der Waals surface area (Å²) in [6.07, 6.45) is 16.8.